The number of guanidine groups is 1. The van der Waals surface area contributed by atoms with E-state index in [9.17, 15) is 24.3 Å². The number of aliphatic imine (C=N–C) groups is 1. The Bertz CT molecular complexity index is 713. The maximum atomic E-state index is 12.8. The van der Waals surface area contributed by atoms with Gasteiger partial charge in [0.05, 0.1) is 6.04 Å². The molecule has 1 fully saturated rings. The molecule has 0 spiro atoms. The summed E-state index contributed by atoms with van der Waals surface area (Å²) in [5, 5.41) is 14.3. The van der Waals surface area contributed by atoms with Crippen LogP contribution in [0.3, 0.4) is 0 Å². The van der Waals surface area contributed by atoms with Gasteiger partial charge in [-0.15, -0.1) is 0 Å². The molecule has 11 N–H and O–H groups in total. The molecule has 1 rings (SSSR count). The summed E-state index contributed by atoms with van der Waals surface area (Å²) in [4.78, 5) is 54.6. The molecule has 13 heteroatoms. The lowest BCUT2D eigenvalue weighted by Gasteiger charge is -2.28. The van der Waals surface area contributed by atoms with Gasteiger partial charge in [-0.3, -0.25) is 19.4 Å². The lowest BCUT2D eigenvalue weighted by Crippen LogP contribution is -2.55. The van der Waals surface area contributed by atoms with Crippen molar-refractivity contribution >= 4 is 29.7 Å². The van der Waals surface area contributed by atoms with Crippen LogP contribution in [-0.2, 0) is 19.2 Å². The molecule has 1 aliphatic heterocycles. The molecule has 0 aromatic carbocycles. The van der Waals surface area contributed by atoms with Crippen molar-refractivity contribution in [2.45, 2.75) is 76.0 Å². The average Bonchev–Trinajstić information content (AvgIpc) is 3.24. The summed E-state index contributed by atoms with van der Waals surface area (Å²) in [7, 11) is 0. The lowest BCUT2D eigenvalue weighted by molar-refractivity contribution is -0.143. The summed E-state index contributed by atoms with van der Waals surface area (Å²) >= 11 is 0. The normalized spacial score (nSPS) is 18.2. The molecule has 1 saturated heterocycles. The molecule has 1 heterocycles. The number of nitrogens with two attached hydrogens (primary N) is 4. The maximum Gasteiger partial charge on any atom is 0.326 e. The van der Waals surface area contributed by atoms with E-state index in [0.717, 1.165) is 12.8 Å². The number of amides is 3. The number of carbonyl (C=O) groups excluding carboxylic acids is 3. The second-order valence-corrected chi connectivity index (χ2v) is 8.16. The van der Waals surface area contributed by atoms with Crippen molar-refractivity contribution in [2.24, 2.45) is 27.9 Å². The Morgan fingerprint density at radius 3 is 2.42 bits per heavy atom. The number of aliphatic carboxylic acids is 1. The van der Waals surface area contributed by atoms with Crippen molar-refractivity contribution in [1.82, 2.24) is 15.5 Å². The Labute approximate surface area is 193 Å². The standard InChI is InChI=1S/C20H38N8O5/c1-12(16(29)27-14(19(32)33)7-4-10-25-20(23)24)26-17(30)15-8-5-11-28(15)18(31)13(22)6-2-3-9-21/h12-15H,2-11,21-22H2,1H3,(H,26,30)(H,27,29)(H,32,33)(H4,23,24,25)/t12-,13+,14+,15+/m1/s1. The number of carbonyl (C=O) groups is 4. The van der Waals surface area contributed by atoms with E-state index in [1.54, 1.807) is 0 Å². The molecule has 4 atom stereocenters. The van der Waals surface area contributed by atoms with E-state index in [1.807, 2.05) is 0 Å². The minimum absolute atomic E-state index is 0.0989. The van der Waals surface area contributed by atoms with E-state index in [0.29, 0.717) is 38.8 Å². The zero-order valence-corrected chi connectivity index (χ0v) is 19.2. The van der Waals surface area contributed by atoms with Gasteiger partial charge in [-0.1, -0.05) is 6.42 Å². The number of carboxylic acids is 1. The van der Waals surface area contributed by atoms with Gasteiger partial charge in [0.1, 0.15) is 18.1 Å². The predicted molar refractivity (Wildman–Crippen MR) is 123 cm³/mol. The van der Waals surface area contributed by atoms with Crippen LogP contribution in [0.2, 0.25) is 0 Å². The van der Waals surface area contributed by atoms with Gasteiger partial charge in [0, 0.05) is 13.1 Å². The van der Waals surface area contributed by atoms with Gasteiger partial charge in [-0.05, 0) is 52.0 Å². The number of hydrogen-bond donors (Lipinski definition) is 7. The van der Waals surface area contributed by atoms with Crippen molar-refractivity contribution in [3.63, 3.8) is 0 Å². The number of nitrogens with one attached hydrogen (secondary N) is 2. The van der Waals surface area contributed by atoms with E-state index in [2.05, 4.69) is 15.6 Å². The van der Waals surface area contributed by atoms with Crippen molar-refractivity contribution in [1.29, 1.82) is 0 Å². The zero-order chi connectivity index (χ0) is 25.0. The first-order valence-electron chi connectivity index (χ1n) is 11.2. The Morgan fingerprint density at radius 1 is 1.12 bits per heavy atom. The molecule has 0 aromatic rings. The Kier molecular flexibility index (Phi) is 12.1. The van der Waals surface area contributed by atoms with Crippen LogP contribution in [0.4, 0.5) is 0 Å². The molecule has 0 aliphatic carbocycles. The molecule has 0 aromatic heterocycles. The maximum absolute atomic E-state index is 12.8. The first kappa shape index (κ1) is 28.1. The van der Waals surface area contributed by atoms with Crippen LogP contribution in [0.15, 0.2) is 4.99 Å². The molecule has 33 heavy (non-hydrogen) atoms. The van der Waals surface area contributed by atoms with E-state index >= 15 is 0 Å². The van der Waals surface area contributed by atoms with Crippen LogP contribution in [0.25, 0.3) is 0 Å². The number of hydrogen-bond acceptors (Lipinski definition) is 7. The molecular formula is C20H38N8O5. The number of likely N-dealkylation sites (tertiary alicyclic amines) is 1. The minimum atomic E-state index is -1.21. The predicted octanol–water partition coefficient (Wildman–Crippen LogP) is -2.44. The second kappa shape index (κ2) is 14.3. The highest BCUT2D eigenvalue weighted by Crippen LogP contribution is 2.19. The third-order valence-electron chi connectivity index (χ3n) is 5.44. The van der Waals surface area contributed by atoms with Gasteiger partial charge >= 0.3 is 5.97 Å². The van der Waals surface area contributed by atoms with E-state index in [-0.39, 0.29) is 24.8 Å². The van der Waals surface area contributed by atoms with E-state index in [1.165, 1.54) is 11.8 Å². The second-order valence-electron chi connectivity index (χ2n) is 8.16. The largest absolute Gasteiger partial charge is 0.480 e. The van der Waals surface area contributed by atoms with Gasteiger partial charge in [-0.2, -0.15) is 0 Å². The fourth-order valence-electron chi connectivity index (χ4n) is 3.58. The molecule has 3 amide bonds. The fraction of sp³-hybridized carbons (Fsp3) is 0.750. The summed E-state index contributed by atoms with van der Waals surface area (Å²) in [5.74, 6) is -2.72. The number of rotatable bonds is 14. The van der Waals surface area contributed by atoms with Gasteiger partial charge < -0.3 is 43.6 Å². The zero-order valence-electron chi connectivity index (χ0n) is 19.2. The van der Waals surface area contributed by atoms with E-state index < -0.39 is 42.0 Å². The van der Waals surface area contributed by atoms with Crippen LogP contribution < -0.4 is 33.6 Å². The summed E-state index contributed by atoms with van der Waals surface area (Å²) in [6.07, 6.45) is 3.55. The quantitative estimate of drug-likeness (QED) is 0.0810. The molecule has 188 valence electrons. The highest BCUT2D eigenvalue weighted by molar-refractivity contribution is 5.94. The van der Waals surface area contributed by atoms with Crippen LogP contribution in [-0.4, -0.2) is 83.5 Å². The minimum Gasteiger partial charge on any atom is -0.480 e. The Morgan fingerprint density at radius 2 is 1.82 bits per heavy atom. The fourth-order valence-corrected chi connectivity index (χ4v) is 3.58. The Balaban J connectivity index is 2.61. The first-order chi connectivity index (χ1) is 15.6. The van der Waals surface area contributed by atoms with Crippen molar-refractivity contribution < 1.29 is 24.3 Å². The van der Waals surface area contributed by atoms with Crippen LogP contribution in [0.5, 0.6) is 0 Å². The summed E-state index contributed by atoms with van der Waals surface area (Å²) in [5.41, 5.74) is 21.9. The average molecular weight is 471 g/mol. The molecule has 0 bridgehead atoms. The highest BCUT2D eigenvalue weighted by atomic mass is 16.4. The third kappa shape index (κ3) is 9.61. The number of nitrogens with zero attached hydrogens (tertiary/aromatic N) is 2. The van der Waals surface area contributed by atoms with Gasteiger partial charge in [0.2, 0.25) is 17.7 Å². The SMILES string of the molecule is C[C@@H](NC(=O)[C@@H]1CCCN1C(=O)[C@@H](N)CCCCN)C(=O)N[C@@H](CCCN=C(N)N)C(=O)O. The number of carboxylic acid groups (broad SMARTS) is 1. The summed E-state index contributed by atoms with van der Waals surface area (Å²) in [6.45, 7) is 2.62. The topological polar surface area (TPSA) is 232 Å². The monoisotopic (exact) mass is 470 g/mol. The van der Waals surface area contributed by atoms with Crippen LogP contribution in [0.1, 0.15) is 51.9 Å². The van der Waals surface area contributed by atoms with Crippen molar-refractivity contribution in [3.05, 3.63) is 0 Å². The highest BCUT2D eigenvalue weighted by Gasteiger charge is 2.37. The van der Waals surface area contributed by atoms with Gasteiger partial charge in [0.15, 0.2) is 5.96 Å². The van der Waals surface area contributed by atoms with Crippen LogP contribution >= 0.6 is 0 Å². The summed E-state index contributed by atoms with van der Waals surface area (Å²) in [6, 6.07) is -3.57. The van der Waals surface area contributed by atoms with Crippen LogP contribution in [0, 0.1) is 0 Å². The molecule has 0 unspecified atom stereocenters. The molecule has 1 aliphatic rings. The number of unbranched alkanes of at least 4 members (excludes halogenated alkanes) is 1. The Hall–Kier alpha value is -2.93. The van der Waals surface area contributed by atoms with Crippen molar-refractivity contribution in [2.75, 3.05) is 19.6 Å². The van der Waals surface area contributed by atoms with Gasteiger partial charge in [0.25, 0.3) is 0 Å². The lowest BCUT2D eigenvalue weighted by atomic mass is 10.1. The molecule has 0 radical (unpaired) electrons. The molecule has 13 nitrogen and oxygen atoms in total. The van der Waals surface area contributed by atoms with E-state index in [4.69, 9.17) is 22.9 Å². The van der Waals surface area contributed by atoms with Gasteiger partial charge in [-0.25, -0.2) is 4.79 Å². The smallest absolute Gasteiger partial charge is 0.326 e. The summed E-state index contributed by atoms with van der Waals surface area (Å²) < 4.78 is 0. The molecular weight excluding hydrogens is 432 g/mol. The van der Waals surface area contributed by atoms with Crippen molar-refractivity contribution in [3.8, 4) is 0 Å². The third-order valence-corrected chi connectivity index (χ3v) is 5.44. The molecule has 0 saturated carbocycles. The first-order valence-corrected chi connectivity index (χ1v) is 11.2.